The summed E-state index contributed by atoms with van der Waals surface area (Å²) in [6.07, 6.45) is 0.399. The Morgan fingerprint density at radius 3 is 2.44 bits per heavy atom. The molecule has 0 amide bonds. The number of hydrogen-bond donors (Lipinski definition) is 1. The SMILES string of the molecule is COc1ccc(Cc2cc(O)cc3c2C(=O)OC(C)(C)O3)cc1OC. The minimum Gasteiger partial charge on any atom is -0.508 e. The molecule has 0 spiro atoms. The summed E-state index contributed by atoms with van der Waals surface area (Å²) in [7, 11) is 3.13. The van der Waals surface area contributed by atoms with Crippen LogP contribution in [0, 0.1) is 0 Å². The van der Waals surface area contributed by atoms with Gasteiger partial charge in [-0.1, -0.05) is 6.07 Å². The Kier molecular flexibility index (Phi) is 4.20. The number of cyclic esters (lactones) is 1. The van der Waals surface area contributed by atoms with Crippen molar-refractivity contribution in [2.24, 2.45) is 0 Å². The molecule has 0 saturated carbocycles. The van der Waals surface area contributed by atoms with Crippen molar-refractivity contribution in [3.63, 3.8) is 0 Å². The van der Waals surface area contributed by atoms with Crippen molar-refractivity contribution in [3.8, 4) is 23.0 Å². The maximum absolute atomic E-state index is 12.4. The van der Waals surface area contributed by atoms with E-state index in [1.165, 1.54) is 6.07 Å². The molecule has 0 atom stereocenters. The van der Waals surface area contributed by atoms with Gasteiger partial charge in [0, 0.05) is 19.9 Å². The molecule has 0 aliphatic carbocycles. The van der Waals surface area contributed by atoms with Crippen molar-refractivity contribution in [1.29, 1.82) is 0 Å². The van der Waals surface area contributed by atoms with Crippen molar-refractivity contribution in [2.75, 3.05) is 14.2 Å². The van der Waals surface area contributed by atoms with Crippen molar-refractivity contribution < 1.29 is 28.8 Å². The van der Waals surface area contributed by atoms with E-state index in [1.807, 2.05) is 12.1 Å². The Labute approximate surface area is 145 Å². The smallest absolute Gasteiger partial charge is 0.345 e. The zero-order chi connectivity index (χ0) is 18.2. The van der Waals surface area contributed by atoms with Crippen LogP contribution >= 0.6 is 0 Å². The van der Waals surface area contributed by atoms with Gasteiger partial charge in [0.25, 0.3) is 0 Å². The fourth-order valence-electron chi connectivity index (χ4n) is 2.88. The number of ether oxygens (including phenoxy) is 4. The Hall–Kier alpha value is -2.89. The lowest BCUT2D eigenvalue weighted by molar-refractivity contribution is -0.127. The average molecular weight is 344 g/mol. The van der Waals surface area contributed by atoms with Crippen LogP contribution in [0.15, 0.2) is 30.3 Å². The number of esters is 1. The molecule has 2 aromatic rings. The summed E-state index contributed by atoms with van der Waals surface area (Å²) in [5.74, 6) is 0.0132. The normalized spacial score (nSPS) is 15.0. The standard InChI is InChI=1S/C19H20O6/c1-19(2)24-16-10-13(20)9-12(17(16)18(21)25-19)7-11-5-6-14(22-3)15(8-11)23-4/h5-6,8-10,20H,7H2,1-4H3. The molecule has 6 nitrogen and oxygen atoms in total. The summed E-state index contributed by atoms with van der Waals surface area (Å²) in [5, 5.41) is 10.0. The average Bonchev–Trinajstić information content (AvgIpc) is 2.52. The fraction of sp³-hybridized carbons (Fsp3) is 0.316. The molecular formula is C19H20O6. The Morgan fingerprint density at radius 2 is 1.76 bits per heavy atom. The highest BCUT2D eigenvalue weighted by molar-refractivity contribution is 5.95. The Morgan fingerprint density at radius 1 is 1.04 bits per heavy atom. The third-order valence-corrected chi connectivity index (χ3v) is 3.91. The van der Waals surface area contributed by atoms with Gasteiger partial charge in [0.05, 0.1) is 14.2 Å². The van der Waals surface area contributed by atoms with E-state index in [0.29, 0.717) is 34.8 Å². The first-order valence-electron chi connectivity index (χ1n) is 7.82. The molecule has 1 heterocycles. The number of hydrogen-bond acceptors (Lipinski definition) is 6. The number of carbonyl (C=O) groups is 1. The zero-order valence-electron chi connectivity index (χ0n) is 14.6. The van der Waals surface area contributed by atoms with E-state index in [4.69, 9.17) is 18.9 Å². The number of methoxy groups -OCH3 is 2. The van der Waals surface area contributed by atoms with Gasteiger partial charge >= 0.3 is 5.97 Å². The van der Waals surface area contributed by atoms with Crippen LogP contribution in [0.3, 0.4) is 0 Å². The van der Waals surface area contributed by atoms with Crippen LogP contribution in [-0.2, 0) is 11.2 Å². The van der Waals surface area contributed by atoms with E-state index >= 15 is 0 Å². The maximum atomic E-state index is 12.4. The minimum atomic E-state index is -1.07. The van der Waals surface area contributed by atoms with Gasteiger partial charge in [-0.2, -0.15) is 0 Å². The Balaban J connectivity index is 2.02. The maximum Gasteiger partial charge on any atom is 0.345 e. The first kappa shape index (κ1) is 17.0. The van der Waals surface area contributed by atoms with Crippen molar-refractivity contribution in [1.82, 2.24) is 0 Å². The second kappa shape index (κ2) is 6.20. The molecule has 1 aliphatic rings. The zero-order valence-corrected chi connectivity index (χ0v) is 14.6. The van der Waals surface area contributed by atoms with Gasteiger partial charge in [-0.15, -0.1) is 0 Å². The molecule has 25 heavy (non-hydrogen) atoms. The van der Waals surface area contributed by atoms with E-state index in [2.05, 4.69) is 0 Å². The first-order valence-corrected chi connectivity index (χ1v) is 7.82. The van der Waals surface area contributed by atoms with Crippen LogP contribution in [0.4, 0.5) is 0 Å². The van der Waals surface area contributed by atoms with Crippen LogP contribution in [0.5, 0.6) is 23.0 Å². The number of aromatic hydroxyl groups is 1. The lowest BCUT2D eigenvalue weighted by atomic mass is 9.97. The molecule has 0 bridgehead atoms. The number of benzene rings is 2. The predicted molar refractivity (Wildman–Crippen MR) is 90.6 cm³/mol. The number of fused-ring (bicyclic) bond motifs is 1. The number of phenols is 1. The summed E-state index contributed by atoms with van der Waals surface area (Å²) >= 11 is 0. The van der Waals surface area contributed by atoms with Gasteiger partial charge in [0.2, 0.25) is 5.79 Å². The molecule has 2 aromatic carbocycles. The van der Waals surface area contributed by atoms with Gasteiger partial charge in [0.1, 0.15) is 17.1 Å². The van der Waals surface area contributed by atoms with Gasteiger partial charge in [-0.25, -0.2) is 4.79 Å². The molecule has 0 unspecified atom stereocenters. The van der Waals surface area contributed by atoms with Crippen molar-refractivity contribution in [3.05, 3.63) is 47.0 Å². The van der Waals surface area contributed by atoms with Crippen LogP contribution in [0.25, 0.3) is 0 Å². The van der Waals surface area contributed by atoms with E-state index in [-0.39, 0.29) is 5.75 Å². The van der Waals surface area contributed by atoms with Crippen molar-refractivity contribution >= 4 is 5.97 Å². The van der Waals surface area contributed by atoms with E-state index in [1.54, 1.807) is 40.2 Å². The van der Waals surface area contributed by atoms with E-state index < -0.39 is 11.8 Å². The molecule has 6 heteroatoms. The monoisotopic (exact) mass is 344 g/mol. The predicted octanol–water partition coefficient (Wildman–Crippen LogP) is 3.29. The summed E-state index contributed by atoms with van der Waals surface area (Å²) in [5.41, 5.74) is 1.83. The first-order chi connectivity index (χ1) is 11.8. The molecule has 1 N–H and O–H groups in total. The summed E-state index contributed by atoms with van der Waals surface area (Å²) in [6, 6.07) is 8.46. The second-order valence-electron chi connectivity index (χ2n) is 6.24. The van der Waals surface area contributed by atoms with Crippen LogP contribution in [-0.4, -0.2) is 31.1 Å². The third kappa shape index (κ3) is 3.33. The second-order valence-corrected chi connectivity index (χ2v) is 6.24. The molecule has 0 fully saturated rings. The molecule has 132 valence electrons. The molecule has 0 saturated heterocycles. The highest BCUT2D eigenvalue weighted by Gasteiger charge is 2.36. The van der Waals surface area contributed by atoms with Crippen LogP contribution < -0.4 is 14.2 Å². The molecule has 1 aliphatic heterocycles. The van der Waals surface area contributed by atoms with E-state index in [9.17, 15) is 9.90 Å². The number of phenolic OH excluding ortho intramolecular Hbond substituents is 1. The lowest BCUT2D eigenvalue weighted by Crippen LogP contribution is -2.39. The van der Waals surface area contributed by atoms with Crippen LogP contribution in [0.2, 0.25) is 0 Å². The largest absolute Gasteiger partial charge is 0.508 e. The lowest BCUT2D eigenvalue weighted by Gasteiger charge is -2.32. The van der Waals surface area contributed by atoms with Gasteiger partial charge in [0.15, 0.2) is 11.5 Å². The highest BCUT2D eigenvalue weighted by Crippen LogP contribution is 2.38. The molecule has 0 radical (unpaired) electrons. The number of rotatable bonds is 4. The van der Waals surface area contributed by atoms with Crippen LogP contribution in [0.1, 0.15) is 35.3 Å². The molecule has 3 rings (SSSR count). The summed E-state index contributed by atoms with van der Waals surface area (Å²) in [6.45, 7) is 3.29. The minimum absolute atomic E-state index is 0.0275. The van der Waals surface area contributed by atoms with E-state index in [0.717, 1.165) is 5.56 Å². The quantitative estimate of drug-likeness (QED) is 0.858. The fourth-order valence-corrected chi connectivity index (χ4v) is 2.88. The van der Waals surface area contributed by atoms with Crippen molar-refractivity contribution in [2.45, 2.75) is 26.1 Å². The third-order valence-electron chi connectivity index (χ3n) is 3.91. The van der Waals surface area contributed by atoms with Gasteiger partial charge in [-0.05, 0) is 35.7 Å². The summed E-state index contributed by atoms with van der Waals surface area (Å²) in [4.78, 5) is 12.4. The topological polar surface area (TPSA) is 74.2 Å². The molecule has 0 aromatic heterocycles. The summed E-state index contributed by atoms with van der Waals surface area (Å²) < 4.78 is 21.5. The van der Waals surface area contributed by atoms with Gasteiger partial charge in [-0.3, -0.25) is 0 Å². The Bertz CT molecular complexity index is 825. The highest BCUT2D eigenvalue weighted by atomic mass is 16.7. The molecular weight excluding hydrogens is 324 g/mol. The number of carbonyl (C=O) groups excluding carboxylic acids is 1. The van der Waals surface area contributed by atoms with Gasteiger partial charge < -0.3 is 24.1 Å².